The minimum atomic E-state index is 0.507. The summed E-state index contributed by atoms with van der Waals surface area (Å²) in [7, 11) is 0. The van der Waals surface area contributed by atoms with E-state index in [1.807, 2.05) is 30.3 Å². The standard InChI is InChI=1S/C19H12N4O2/c1-2-6-14-12(4-1)7-8-15-16(14)17-18(25-15)19(21-11-20-17)23-22-10-13-5-3-9-24-13/h1-11H,(H,20,21,23)/b22-10+. The van der Waals surface area contributed by atoms with Crippen LogP contribution >= 0.6 is 0 Å². The van der Waals surface area contributed by atoms with Gasteiger partial charge in [0.15, 0.2) is 11.4 Å². The maximum Gasteiger partial charge on any atom is 0.197 e. The fraction of sp³-hybridized carbons (Fsp3) is 0. The average molecular weight is 328 g/mol. The molecular formula is C19H12N4O2. The van der Waals surface area contributed by atoms with Crippen molar-refractivity contribution in [2.75, 3.05) is 5.43 Å². The fourth-order valence-corrected chi connectivity index (χ4v) is 2.94. The zero-order chi connectivity index (χ0) is 16.6. The largest absolute Gasteiger partial charge is 0.463 e. The highest BCUT2D eigenvalue weighted by atomic mass is 16.3. The summed E-state index contributed by atoms with van der Waals surface area (Å²) in [6, 6.07) is 15.8. The minimum Gasteiger partial charge on any atom is -0.463 e. The van der Waals surface area contributed by atoms with Crippen molar-refractivity contribution in [1.29, 1.82) is 0 Å². The van der Waals surface area contributed by atoms with Crippen LogP contribution in [0.5, 0.6) is 0 Å². The topological polar surface area (TPSA) is 76.5 Å². The molecule has 0 fully saturated rings. The molecule has 6 nitrogen and oxygen atoms in total. The van der Waals surface area contributed by atoms with Gasteiger partial charge in [0.1, 0.15) is 23.2 Å². The molecule has 1 N–H and O–H groups in total. The lowest BCUT2D eigenvalue weighted by atomic mass is 10.1. The van der Waals surface area contributed by atoms with Gasteiger partial charge < -0.3 is 8.83 Å². The molecule has 0 saturated heterocycles. The third-order valence-electron chi connectivity index (χ3n) is 4.05. The van der Waals surface area contributed by atoms with Crippen molar-refractivity contribution < 1.29 is 8.83 Å². The van der Waals surface area contributed by atoms with Gasteiger partial charge in [-0.2, -0.15) is 5.10 Å². The zero-order valence-corrected chi connectivity index (χ0v) is 13.0. The monoisotopic (exact) mass is 328 g/mol. The lowest BCUT2D eigenvalue weighted by Gasteiger charge is -1.99. The highest BCUT2D eigenvalue weighted by Gasteiger charge is 2.15. The van der Waals surface area contributed by atoms with E-state index in [2.05, 4.69) is 32.6 Å². The second-order valence-electron chi connectivity index (χ2n) is 5.55. The number of fused-ring (bicyclic) bond motifs is 5. The third kappa shape index (κ3) is 2.23. The van der Waals surface area contributed by atoms with E-state index in [0.29, 0.717) is 17.2 Å². The fourth-order valence-electron chi connectivity index (χ4n) is 2.94. The maximum atomic E-state index is 5.99. The molecule has 0 aliphatic carbocycles. The summed E-state index contributed by atoms with van der Waals surface area (Å²) >= 11 is 0. The first-order valence-electron chi connectivity index (χ1n) is 7.78. The molecule has 0 spiro atoms. The Kier molecular flexibility index (Phi) is 3.00. The second kappa shape index (κ2) is 5.45. The molecule has 120 valence electrons. The van der Waals surface area contributed by atoms with Gasteiger partial charge in [-0.25, -0.2) is 9.97 Å². The lowest BCUT2D eigenvalue weighted by molar-refractivity contribution is 0.560. The number of hydrazone groups is 1. The molecule has 0 atom stereocenters. The second-order valence-corrected chi connectivity index (χ2v) is 5.55. The predicted octanol–water partition coefficient (Wildman–Crippen LogP) is 4.57. The van der Waals surface area contributed by atoms with E-state index in [1.54, 1.807) is 18.5 Å². The van der Waals surface area contributed by atoms with Crippen LogP contribution in [0, 0.1) is 0 Å². The van der Waals surface area contributed by atoms with Gasteiger partial charge in [-0.1, -0.05) is 30.3 Å². The maximum absolute atomic E-state index is 5.99. The Bertz CT molecular complexity index is 1220. The quantitative estimate of drug-likeness (QED) is 0.388. The molecule has 3 aromatic heterocycles. The van der Waals surface area contributed by atoms with Crippen LogP contribution in [0.1, 0.15) is 5.76 Å². The lowest BCUT2D eigenvalue weighted by Crippen LogP contribution is -1.94. The van der Waals surface area contributed by atoms with Crippen molar-refractivity contribution in [1.82, 2.24) is 9.97 Å². The van der Waals surface area contributed by atoms with Gasteiger partial charge in [0, 0.05) is 0 Å². The van der Waals surface area contributed by atoms with Crippen LogP contribution in [0.25, 0.3) is 32.8 Å². The SMILES string of the molecule is C(=N\Nc1ncnc2c1oc1ccc3ccccc3c12)/c1ccco1. The third-order valence-corrected chi connectivity index (χ3v) is 4.05. The summed E-state index contributed by atoms with van der Waals surface area (Å²) in [4.78, 5) is 8.66. The van der Waals surface area contributed by atoms with Crippen molar-refractivity contribution in [2.24, 2.45) is 5.10 Å². The van der Waals surface area contributed by atoms with Crippen LogP contribution < -0.4 is 5.43 Å². The van der Waals surface area contributed by atoms with Gasteiger partial charge in [0.05, 0.1) is 17.9 Å². The van der Waals surface area contributed by atoms with Gasteiger partial charge in [0.2, 0.25) is 0 Å². The summed E-state index contributed by atoms with van der Waals surface area (Å²) in [6.07, 6.45) is 4.67. The van der Waals surface area contributed by atoms with Gasteiger partial charge in [-0.15, -0.1) is 0 Å². The van der Waals surface area contributed by atoms with Crippen molar-refractivity contribution in [3.63, 3.8) is 0 Å². The van der Waals surface area contributed by atoms with Crippen LogP contribution in [0.4, 0.5) is 5.82 Å². The summed E-state index contributed by atoms with van der Waals surface area (Å²) < 4.78 is 11.2. The van der Waals surface area contributed by atoms with Crippen molar-refractivity contribution in [3.8, 4) is 0 Å². The van der Waals surface area contributed by atoms with Crippen LogP contribution in [-0.2, 0) is 0 Å². The summed E-state index contributed by atoms with van der Waals surface area (Å²) in [5.41, 5.74) is 5.01. The molecule has 6 heteroatoms. The van der Waals surface area contributed by atoms with Gasteiger partial charge >= 0.3 is 0 Å². The van der Waals surface area contributed by atoms with Crippen LogP contribution in [0.3, 0.4) is 0 Å². The molecule has 25 heavy (non-hydrogen) atoms. The molecule has 0 radical (unpaired) electrons. The van der Waals surface area contributed by atoms with E-state index < -0.39 is 0 Å². The van der Waals surface area contributed by atoms with Gasteiger partial charge in [-0.05, 0) is 29.0 Å². The number of rotatable bonds is 3. The highest BCUT2D eigenvalue weighted by molar-refractivity contribution is 6.18. The van der Waals surface area contributed by atoms with Crippen molar-refractivity contribution in [3.05, 3.63) is 66.9 Å². The Hall–Kier alpha value is -3.67. The Morgan fingerprint density at radius 1 is 1.00 bits per heavy atom. The first-order valence-corrected chi connectivity index (χ1v) is 7.78. The van der Waals surface area contributed by atoms with E-state index in [9.17, 15) is 0 Å². The number of anilines is 1. The molecule has 0 saturated carbocycles. The van der Waals surface area contributed by atoms with Crippen LogP contribution in [0.15, 0.2) is 75.1 Å². The molecule has 5 rings (SSSR count). The molecule has 5 aromatic rings. The Morgan fingerprint density at radius 3 is 2.88 bits per heavy atom. The van der Waals surface area contributed by atoms with Crippen molar-refractivity contribution >= 4 is 44.9 Å². The Balaban J connectivity index is 1.67. The molecule has 2 aromatic carbocycles. The molecule has 0 unspecified atom stereocenters. The number of aromatic nitrogens is 2. The Labute approximate surface area is 141 Å². The number of benzene rings is 2. The van der Waals surface area contributed by atoms with E-state index in [0.717, 1.165) is 27.3 Å². The average Bonchev–Trinajstić information content (AvgIpc) is 3.29. The predicted molar refractivity (Wildman–Crippen MR) is 96.7 cm³/mol. The van der Waals surface area contributed by atoms with Crippen LogP contribution in [0.2, 0.25) is 0 Å². The Morgan fingerprint density at radius 2 is 1.96 bits per heavy atom. The van der Waals surface area contributed by atoms with E-state index in [1.165, 1.54) is 6.33 Å². The van der Waals surface area contributed by atoms with Gasteiger partial charge in [0.25, 0.3) is 0 Å². The number of hydrogen-bond donors (Lipinski definition) is 1. The normalized spacial score (nSPS) is 11.8. The first kappa shape index (κ1) is 13.7. The first-order chi connectivity index (χ1) is 12.4. The highest BCUT2D eigenvalue weighted by Crippen LogP contribution is 2.35. The van der Waals surface area contributed by atoms with E-state index in [-0.39, 0.29) is 0 Å². The van der Waals surface area contributed by atoms with Gasteiger partial charge in [-0.3, -0.25) is 5.43 Å². The summed E-state index contributed by atoms with van der Waals surface area (Å²) in [5, 5.41) is 7.37. The number of nitrogens with zero attached hydrogens (tertiary/aromatic N) is 3. The smallest absolute Gasteiger partial charge is 0.197 e. The molecule has 0 amide bonds. The number of nitrogens with one attached hydrogen (secondary N) is 1. The molecule has 0 bridgehead atoms. The zero-order valence-electron chi connectivity index (χ0n) is 13.0. The summed E-state index contributed by atoms with van der Waals surface area (Å²) in [6.45, 7) is 0. The van der Waals surface area contributed by atoms with E-state index in [4.69, 9.17) is 8.83 Å². The number of hydrogen-bond acceptors (Lipinski definition) is 6. The number of furan rings is 2. The van der Waals surface area contributed by atoms with Crippen molar-refractivity contribution in [2.45, 2.75) is 0 Å². The van der Waals surface area contributed by atoms with Crippen LogP contribution in [-0.4, -0.2) is 16.2 Å². The minimum absolute atomic E-state index is 0.507. The molecule has 0 aliphatic rings. The summed E-state index contributed by atoms with van der Waals surface area (Å²) in [5.74, 6) is 1.15. The molecular weight excluding hydrogens is 316 g/mol. The molecule has 3 heterocycles. The van der Waals surface area contributed by atoms with E-state index >= 15 is 0 Å². The molecule has 0 aliphatic heterocycles.